The van der Waals surface area contributed by atoms with Gasteiger partial charge in [-0.15, -0.1) is 0 Å². The van der Waals surface area contributed by atoms with E-state index in [0.29, 0.717) is 13.0 Å². The van der Waals surface area contributed by atoms with Gasteiger partial charge in [-0.25, -0.2) is 9.18 Å². The van der Waals surface area contributed by atoms with Gasteiger partial charge in [-0.05, 0) is 38.0 Å². The van der Waals surface area contributed by atoms with Crippen molar-refractivity contribution < 1.29 is 13.9 Å². The predicted molar refractivity (Wildman–Crippen MR) is 68.3 cm³/mol. The number of urea groups is 1. The van der Waals surface area contributed by atoms with E-state index < -0.39 is 0 Å². The van der Waals surface area contributed by atoms with E-state index in [9.17, 15) is 9.18 Å². The van der Waals surface area contributed by atoms with E-state index in [2.05, 4.69) is 10.6 Å². The van der Waals surface area contributed by atoms with E-state index >= 15 is 0 Å². The molecule has 0 bridgehead atoms. The van der Waals surface area contributed by atoms with Crippen LogP contribution in [0.1, 0.15) is 19.4 Å². The molecule has 2 amide bonds. The summed E-state index contributed by atoms with van der Waals surface area (Å²) >= 11 is 0. The van der Waals surface area contributed by atoms with Gasteiger partial charge in [0.15, 0.2) is 11.6 Å². The van der Waals surface area contributed by atoms with Crippen LogP contribution in [0.4, 0.5) is 9.18 Å². The molecule has 2 N–H and O–H groups in total. The minimum atomic E-state index is -0.387. The molecule has 100 valence electrons. The monoisotopic (exact) mass is 254 g/mol. The number of methoxy groups -OCH3 is 1. The zero-order valence-corrected chi connectivity index (χ0v) is 10.9. The van der Waals surface area contributed by atoms with E-state index in [0.717, 1.165) is 5.56 Å². The lowest BCUT2D eigenvalue weighted by atomic mass is 10.1. The second-order valence-electron chi connectivity index (χ2n) is 4.27. The number of carbonyl (C=O) groups excluding carboxylic acids is 1. The quantitative estimate of drug-likeness (QED) is 0.845. The van der Waals surface area contributed by atoms with Crippen molar-refractivity contribution in [3.05, 3.63) is 29.6 Å². The summed E-state index contributed by atoms with van der Waals surface area (Å²) in [6, 6.07) is 4.67. The summed E-state index contributed by atoms with van der Waals surface area (Å²) in [6.45, 7) is 4.24. The van der Waals surface area contributed by atoms with E-state index in [1.165, 1.54) is 13.2 Å². The summed E-state index contributed by atoms with van der Waals surface area (Å²) in [5.41, 5.74) is 0.818. The second-order valence-corrected chi connectivity index (χ2v) is 4.27. The van der Waals surface area contributed by atoms with Crippen molar-refractivity contribution in [3.63, 3.8) is 0 Å². The standard InChI is InChI=1S/C13H19FN2O2/c1-9(2)16-13(17)15-7-6-10-4-5-12(18-3)11(14)8-10/h4-5,8-9H,6-7H2,1-3H3,(H2,15,16,17). The molecule has 0 heterocycles. The van der Waals surface area contributed by atoms with Crippen LogP contribution in [0.3, 0.4) is 0 Å². The first-order chi connectivity index (χ1) is 8.52. The summed E-state index contributed by atoms with van der Waals surface area (Å²) in [7, 11) is 1.43. The van der Waals surface area contributed by atoms with E-state index in [1.807, 2.05) is 13.8 Å². The maximum absolute atomic E-state index is 13.4. The van der Waals surface area contributed by atoms with Crippen LogP contribution in [0.25, 0.3) is 0 Å². The third-order valence-electron chi connectivity index (χ3n) is 2.34. The molecule has 0 saturated heterocycles. The molecule has 0 radical (unpaired) electrons. The summed E-state index contributed by atoms with van der Waals surface area (Å²) in [6.07, 6.45) is 0.576. The maximum atomic E-state index is 13.4. The normalized spacial score (nSPS) is 10.3. The minimum Gasteiger partial charge on any atom is -0.494 e. The fourth-order valence-corrected chi connectivity index (χ4v) is 1.50. The highest BCUT2D eigenvalue weighted by Gasteiger charge is 2.05. The van der Waals surface area contributed by atoms with E-state index in [1.54, 1.807) is 12.1 Å². The number of amides is 2. The minimum absolute atomic E-state index is 0.100. The Labute approximate surface area is 107 Å². The van der Waals surface area contributed by atoms with Gasteiger partial charge in [-0.2, -0.15) is 0 Å². The SMILES string of the molecule is COc1ccc(CCNC(=O)NC(C)C)cc1F. The van der Waals surface area contributed by atoms with Crippen LogP contribution < -0.4 is 15.4 Å². The van der Waals surface area contributed by atoms with Gasteiger partial charge in [-0.1, -0.05) is 6.07 Å². The van der Waals surface area contributed by atoms with Crippen LogP contribution in [0.2, 0.25) is 0 Å². The molecule has 0 spiro atoms. The summed E-state index contributed by atoms with van der Waals surface area (Å²) < 4.78 is 18.2. The molecule has 18 heavy (non-hydrogen) atoms. The Morgan fingerprint density at radius 2 is 2.17 bits per heavy atom. The van der Waals surface area contributed by atoms with Crippen LogP contribution >= 0.6 is 0 Å². The second kappa shape index (κ2) is 6.83. The van der Waals surface area contributed by atoms with Crippen molar-refractivity contribution in [2.24, 2.45) is 0 Å². The van der Waals surface area contributed by atoms with Gasteiger partial charge in [0.25, 0.3) is 0 Å². The Balaban J connectivity index is 2.40. The van der Waals surface area contributed by atoms with Crippen LogP contribution in [0.15, 0.2) is 18.2 Å². The average molecular weight is 254 g/mol. The number of hydrogen-bond acceptors (Lipinski definition) is 2. The van der Waals surface area contributed by atoms with Gasteiger partial charge in [0.1, 0.15) is 0 Å². The molecule has 0 aromatic heterocycles. The largest absolute Gasteiger partial charge is 0.494 e. The number of benzene rings is 1. The predicted octanol–water partition coefficient (Wildman–Crippen LogP) is 2.08. The summed E-state index contributed by atoms with van der Waals surface area (Å²) in [5.74, 6) is -0.161. The molecule has 0 fully saturated rings. The lowest BCUT2D eigenvalue weighted by Crippen LogP contribution is -2.40. The Morgan fingerprint density at radius 1 is 1.44 bits per heavy atom. The van der Waals surface area contributed by atoms with Crippen LogP contribution in [0.5, 0.6) is 5.75 Å². The fourth-order valence-electron chi connectivity index (χ4n) is 1.50. The third kappa shape index (κ3) is 4.61. The van der Waals surface area contributed by atoms with Crippen molar-refractivity contribution in [2.75, 3.05) is 13.7 Å². The average Bonchev–Trinajstić information content (AvgIpc) is 2.28. The molecule has 1 aromatic rings. The fraction of sp³-hybridized carbons (Fsp3) is 0.462. The Hall–Kier alpha value is -1.78. The molecule has 0 atom stereocenters. The summed E-state index contributed by atoms with van der Waals surface area (Å²) in [5, 5.41) is 5.42. The first-order valence-electron chi connectivity index (χ1n) is 5.89. The molecule has 5 heteroatoms. The lowest BCUT2D eigenvalue weighted by molar-refractivity contribution is 0.238. The molecule has 0 aliphatic rings. The topological polar surface area (TPSA) is 50.4 Å². The lowest BCUT2D eigenvalue weighted by Gasteiger charge is -2.10. The van der Waals surface area contributed by atoms with Crippen molar-refractivity contribution in [1.82, 2.24) is 10.6 Å². The highest BCUT2D eigenvalue weighted by molar-refractivity contribution is 5.74. The Morgan fingerprint density at radius 3 is 2.72 bits per heavy atom. The van der Waals surface area contributed by atoms with Crippen molar-refractivity contribution >= 4 is 6.03 Å². The number of rotatable bonds is 5. The number of carbonyl (C=O) groups is 1. The van der Waals surface area contributed by atoms with Gasteiger partial charge in [-0.3, -0.25) is 0 Å². The van der Waals surface area contributed by atoms with E-state index in [-0.39, 0.29) is 23.6 Å². The van der Waals surface area contributed by atoms with Crippen molar-refractivity contribution in [1.29, 1.82) is 0 Å². The zero-order valence-electron chi connectivity index (χ0n) is 10.9. The smallest absolute Gasteiger partial charge is 0.314 e. The van der Waals surface area contributed by atoms with Gasteiger partial charge < -0.3 is 15.4 Å². The van der Waals surface area contributed by atoms with Crippen LogP contribution in [0, 0.1) is 5.82 Å². The first kappa shape index (κ1) is 14.3. The number of hydrogen-bond donors (Lipinski definition) is 2. The van der Waals surface area contributed by atoms with Gasteiger partial charge in [0.2, 0.25) is 0 Å². The molecule has 0 unspecified atom stereocenters. The Bertz CT molecular complexity index is 408. The van der Waals surface area contributed by atoms with Gasteiger partial charge in [0, 0.05) is 12.6 Å². The molecular formula is C13H19FN2O2. The maximum Gasteiger partial charge on any atom is 0.314 e. The van der Waals surface area contributed by atoms with Gasteiger partial charge in [0.05, 0.1) is 7.11 Å². The Kier molecular flexibility index (Phi) is 5.42. The third-order valence-corrected chi connectivity index (χ3v) is 2.34. The first-order valence-corrected chi connectivity index (χ1v) is 5.89. The molecule has 1 rings (SSSR count). The van der Waals surface area contributed by atoms with Gasteiger partial charge >= 0.3 is 6.03 Å². The number of nitrogens with one attached hydrogen (secondary N) is 2. The highest BCUT2D eigenvalue weighted by Crippen LogP contribution is 2.17. The van der Waals surface area contributed by atoms with Crippen molar-refractivity contribution in [3.8, 4) is 5.75 Å². The van der Waals surface area contributed by atoms with Crippen LogP contribution in [-0.2, 0) is 6.42 Å². The molecule has 0 aliphatic heterocycles. The number of ether oxygens (including phenoxy) is 1. The summed E-state index contributed by atoms with van der Waals surface area (Å²) in [4.78, 5) is 11.3. The highest BCUT2D eigenvalue weighted by atomic mass is 19.1. The molecule has 4 nitrogen and oxygen atoms in total. The molecule has 0 aliphatic carbocycles. The van der Waals surface area contributed by atoms with Crippen molar-refractivity contribution in [2.45, 2.75) is 26.3 Å². The number of halogens is 1. The molecule has 0 saturated carbocycles. The molecule has 1 aromatic carbocycles. The zero-order chi connectivity index (χ0) is 13.5. The van der Waals surface area contributed by atoms with Crippen LogP contribution in [-0.4, -0.2) is 25.7 Å². The van der Waals surface area contributed by atoms with E-state index in [4.69, 9.17) is 4.74 Å². The molecular weight excluding hydrogens is 235 g/mol.